The number of rotatable bonds is 4. The maximum absolute atomic E-state index is 9.19. The van der Waals surface area contributed by atoms with E-state index in [1.54, 1.807) is 17.9 Å². The van der Waals surface area contributed by atoms with E-state index in [9.17, 15) is 5.26 Å². The minimum Gasteiger partial charge on any atom is -0.483 e. The summed E-state index contributed by atoms with van der Waals surface area (Å²) in [4.78, 5) is 12.6. The molecule has 0 atom stereocenters. The van der Waals surface area contributed by atoms with Gasteiger partial charge in [0.15, 0.2) is 23.7 Å². The average molecular weight is 296 g/mol. The second-order valence-electron chi connectivity index (χ2n) is 4.30. The largest absolute Gasteiger partial charge is 0.483 e. The predicted octanol–water partition coefficient (Wildman–Crippen LogP) is 1.12. The highest BCUT2D eigenvalue weighted by Crippen LogP contribution is 2.25. The molecule has 0 aliphatic rings. The maximum atomic E-state index is 9.19. The number of aliphatic imine (C=N–C) groups is 1. The quantitative estimate of drug-likeness (QED) is 0.527. The SMILES string of the molecule is CCOC=Nc1c(C#N)cnn1-c1ncnc2c1cnn2C. The molecule has 0 aliphatic carbocycles. The molecule has 0 saturated carbocycles. The monoisotopic (exact) mass is 296 g/mol. The standard InChI is InChI=1S/C13H12N8O/c1-3-22-8-17-11-9(4-14)5-19-21(11)13-10-6-18-20(2)12(10)15-7-16-13/h5-8H,3H2,1-2H3. The molecule has 0 aliphatic heterocycles. The molecular weight excluding hydrogens is 284 g/mol. The number of ether oxygens (including phenoxy) is 1. The molecule has 0 N–H and O–H groups in total. The van der Waals surface area contributed by atoms with Crippen LogP contribution in [0.25, 0.3) is 16.9 Å². The lowest BCUT2D eigenvalue weighted by atomic mass is 10.3. The Kier molecular flexibility index (Phi) is 3.49. The molecule has 0 spiro atoms. The zero-order chi connectivity index (χ0) is 15.5. The van der Waals surface area contributed by atoms with Gasteiger partial charge in [0, 0.05) is 7.05 Å². The van der Waals surface area contributed by atoms with Crippen LogP contribution in [0.4, 0.5) is 5.82 Å². The average Bonchev–Trinajstić information content (AvgIpc) is 3.11. The normalized spacial score (nSPS) is 11.1. The van der Waals surface area contributed by atoms with Gasteiger partial charge in [0.1, 0.15) is 18.0 Å². The fraction of sp³-hybridized carbons (Fsp3) is 0.231. The molecule has 0 amide bonds. The van der Waals surface area contributed by atoms with Crippen molar-refractivity contribution in [2.75, 3.05) is 6.61 Å². The number of nitriles is 1. The molecule has 110 valence electrons. The minimum absolute atomic E-state index is 0.326. The van der Waals surface area contributed by atoms with Gasteiger partial charge in [-0.3, -0.25) is 4.68 Å². The van der Waals surface area contributed by atoms with Crippen molar-refractivity contribution in [3.8, 4) is 11.9 Å². The van der Waals surface area contributed by atoms with E-state index in [1.807, 2.05) is 13.0 Å². The molecule has 22 heavy (non-hydrogen) atoms. The van der Waals surface area contributed by atoms with Crippen LogP contribution in [0.15, 0.2) is 23.7 Å². The molecular formula is C13H12N8O. The van der Waals surface area contributed by atoms with Gasteiger partial charge in [0.2, 0.25) is 0 Å². The third-order valence-corrected chi connectivity index (χ3v) is 2.99. The van der Waals surface area contributed by atoms with Gasteiger partial charge in [0.25, 0.3) is 0 Å². The van der Waals surface area contributed by atoms with Crippen LogP contribution >= 0.6 is 0 Å². The number of nitrogens with zero attached hydrogens (tertiary/aromatic N) is 8. The summed E-state index contributed by atoms with van der Waals surface area (Å²) in [6.45, 7) is 2.33. The van der Waals surface area contributed by atoms with Crippen molar-refractivity contribution < 1.29 is 4.74 Å². The second-order valence-corrected chi connectivity index (χ2v) is 4.30. The number of fused-ring (bicyclic) bond motifs is 1. The van der Waals surface area contributed by atoms with E-state index in [0.717, 1.165) is 0 Å². The fourth-order valence-corrected chi connectivity index (χ4v) is 1.98. The first-order chi connectivity index (χ1) is 10.8. The predicted molar refractivity (Wildman–Crippen MR) is 77.9 cm³/mol. The number of hydrogen-bond donors (Lipinski definition) is 0. The fourth-order valence-electron chi connectivity index (χ4n) is 1.98. The lowest BCUT2D eigenvalue weighted by molar-refractivity contribution is 0.343. The third kappa shape index (κ3) is 2.16. The molecule has 0 unspecified atom stereocenters. The van der Waals surface area contributed by atoms with E-state index in [0.29, 0.717) is 34.8 Å². The van der Waals surface area contributed by atoms with Crippen molar-refractivity contribution in [2.45, 2.75) is 6.92 Å². The first kappa shape index (κ1) is 13.7. The zero-order valence-electron chi connectivity index (χ0n) is 12.0. The molecule has 0 saturated heterocycles. The molecule has 0 radical (unpaired) electrons. The summed E-state index contributed by atoms with van der Waals surface area (Å²) >= 11 is 0. The molecule has 9 heteroatoms. The molecule has 0 bridgehead atoms. The summed E-state index contributed by atoms with van der Waals surface area (Å²) in [6, 6.07) is 2.05. The van der Waals surface area contributed by atoms with Crippen LogP contribution in [0.2, 0.25) is 0 Å². The Labute approximate surface area is 125 Å². The molecule has 3 heterocycles. The number of aryl methyl sites for hydroxylation is 1. The summed E-state index contributed by atoms with van der Waals surface area (Å²) < 4.78 is 8.21. The second kappa shape index (κ2) is 5.61. The highest BCUT2D eigenvalue weighted by atomic mass is 16.5. The maximum Gasteiger partial charge on any atom is 0.178 e. The van der Waals surface area contributed by atoms with Gasteiger partial charge in [0.05, 0.1) is 24.4 Å². The zero-order valence-corrected chi connectivity index (χ0v) is 12.0. The van der Waals surface area contributed by atoms with Crippen LogP contribution in [-0.4, -0.2) is 42.5 Å². The Bertz CT molecular complexity index is 885. The Balaban J connectivity index is 2.19. The highest BCUT2D eigenvalue weighted by molar-refractivity contribution is 5.82. The van der Waals surface area contributed by atoms with Crippen molar-refractivity contribution in [3.63, 3.8) is 0 Å². The Morgan fingerprint density at radius 2 is 2.23 bits per heavy atom. The molecule has 3 aromatic heterocycles. The van der Waals surface area contributed by atoms with Gasteiger partial charge in [-0.25, -0.2) is 9.97 Å². The Hall–Kier alpha value is -3.28. The van der Waals surface area contributed by atoms with Gasteiger partial charge in [-0.1, -0.05) is 0 Å². The van der Waals surface area contributed by atoms with E-state index < -0.39 is 0 Å². The van der Waals surface area contributed by atoms with Crippen LogP contribution in [0, 0.1) is 11.3 Å². The van der Waals surface area contributed by atoms with Gasteiger partial charge < -0.3 is 4.74 Å². The molecule has 3 aromatic rings. The molecule has 0 aromatic carbocycles. The minimum atomic E-state index is 0.326. The number of hydrogen-bond acceptors (Lipinski definition) is 7. The summed E-state index contributed by atoms with van der Waals surface area (Å²) in [5.74, 6) is 0.850. The van der Waals surface area contributed by atoms with Crippen LogP contribution in [0.5, 0.6) is 0 Å². The van der Waals surface area contributed by atoms with Gasteiger partial charge >= 0.3 is 0 Å². The summed E-state index contributed by atoms with van der Waals surface area (Å²) in [5.41, 5.74) is 0.991. The first-order valence-corrected chi connectivity index (χ1v) is 6.51. The first-order valence-electron chi connectivity index (χ1n) is 6.51. The lowest BCUT2D eigenvalue weighted by Crippen LogP contribution is -2.02. The van der Waals surface area contributed by atoms with Crippen molar-refractivity contribution in [1.29, 1.82) is 5.26 Å². The highest BCUT2D eigenvalue weighted by Gasteiger charge is 2.16. The Morgan fingerprint density at radius 3 is 3.00 bits per heavy atom. The number of aromatic nitrogens is 6. The van der Waals surface area contributed by atoms with Crippen molar-refractivity contribution in [1.82, 2.24) is 29.5 Å². The van der Waals surface area contributed by atoms with Gasteiger partial charge in [-0.15, -0.1) is 0 Å². The van der Waals surface area contributed by atoms with Crippen molar-refractivity contribution in [2.24, 2.45) is 12.0 Å². The Morgan fingerprint density at radius 1 is 1.36 bits per heavy atom. The van der Waals surface area contributed by atoms with E-state index in [2.05, 4.69) is 25.2 Å². The van der Waals surface area contributed by atoms with Gasteiger partial charge in [-0.05, 0) is 6.92 Å². The summed E-state index contributed by atoms with van der Waals surface area (Å²) in [5, 5.41) is 18.3. The van der Waals surface area contributed by atoms with E-state index in [4.69, 9.17) is 4.74 Å². The third-order valence-electron chi connectivity index (χ3n) is 2.99. The van der Waals surface area contributed by atoms with Crippen molar-refractivity contribution >= 4 is 23.3 Å². The van der Waals surface area contributed by atoms with Crippen LogP contribution in [-0.2, 0) is 11.8 Å². The molecule has 3 rings (SSSR count). The van der Waals surface area contributed by atoms with Crippen LogP contribution in [0.1, 0.15) is 12.5 Å². The topological polar surface area (TPSA) is 107 Å². The lowest BCUT2D eigenvalue weighted by Gasteiger charge is -2.04. The van der Waals surface area contributed by atoms with Crippen LogP contribution < -0.4 is 0 Å². The van der Waals surface area contributed by atoms with E-state index in [-0.39, 0.29) is 0 Å². The molecule has 9 nitrogen and oxygen atoms in total. The van der Waals surface area contributed by atoms with Crippen molar-refractivity contribution in [3.05, 3.63) is 24.3 Å². The molecule has 0 fully saturated rings. The van der Waals surface area contributed by atoms with Gasteiger partial charge in [-0.2, -0.15) is 25.1 Å². The smallest absolute Gasteiger partial charge is 0.178 e. The van der Waals surface area contributed by atoms with E-state index in [1.165, 1.54) is 23.6 Å². The van der Waals surface area contributed by atoms with E-state index >= 15 is 0 Å². The summed E-state index contributed by atoms with van der Waals surface area (Å²) in [6.07, 6.45) is 5.79. The van der Waals surface area contributed by atoms with Crippen LogP contribution in [0.3, 0.4) is 0 Å². The summed E-state index contributed by atoms with van der Waals surface area (Å²) in [7, 11) is 1.79.